The molecule has 1 heterocycles. The van der Waals surface area contributed by atoms with Gasteiger partial charge in [-0.15, -0.1) is 0 Å². The highest BCUT2D eigenvalue weighted by Crippen LogP contribution is 2.32. The van der Waals surface area contributed by atoms with Crippen LogP contribution in [0.4, 0.5) is 0 Å². The van der Waals surface area contributed by atoms with Gasteiger partial charge in [0.25, 0.3) is 0 Å². The number of hydrogen-bond donors (Lipinski definition) is 4. The van der Waals surface area contributed by atoms with E-state index >= 15 is 0 Å². The third-order valence-corrected chi connectivity index (χ3v) is 6.81. The van der Waals surface area contributed by atoms with Crippen LogP contribution in [0.2, 0.25) is 0 Å². The second-order valence-electron chi connectivity index (χ2n) is 10.6. The van der Waals surface area contributed by atoms with Crippen molar-refractivity contribution in [1.82, 2.24) is 4.90 Å². The second-order valence-corrected chi connectivity index (χ2v) is 10.6. The molecule has 3 unspecified atom stereocenters. The van der Waals surface area contributed by atoms with Crippen molar-refractivity contribution >= 4 is 11.9 Å². The average Bonchev–Trinajstić information content (AvgIpc) is 2.65. The Morgan fingerprint density at radius 3 is 2.22 bits per heavy atom. The van der Waals surface area contributed by atoms with Crippen LogP contribution in [-0.4, -0.2) is 79.8 Å². The number of ether oxygens (including phenoxy) is 1. The molecule has 0 saturated carbocycles. The van der Waals surface area contributed by atoms with Crippen molar-refractivity contribution in [3.8, 4) is 0 Å². The monoisotopic (exact) mass is 459 g/mol. The van der Waals surface area contributed by atoms with Gasteiger partial charge in [0.05, 0.1) is 17.9 Å². The lowest BCUT2D eigenvalue weighted by atomic mass is 9.82. The van der Waals surface area contributed by atoms with Gasteiger partial charge in [-0.25, -0.2) is 0 Å². The van der Waals surface area contributed by atoms with E-state index in [4.69, 9.17) is 4.74 Å². The molecule has 8 heteroatoms. The fourth-order valence-electron chi connectivity index (χ4n) is 5.28. The topological polar surface area (TPSA) is 128 Å². The second kappa shape index (κ2) is 11.8. The highest BCUT2D eigenvalue weighted by Gasteiger charge is 2.45. The summed E-state index contributed by atoms with van der Waals surface area (Å²) in [6.45, 7) is 13.2. The van der Waals surface area contributed by atoms with E-state index in [-0.39, 0.29) is 24.8 Å². The van der Waals surface area contributed by atoms with Gasteiger partial charge < -0.3 is 25.2 Å². The van der Waals surface area contributed by atoms with Gasteiger partial charge in [0, 0.05) is 19.1 Å². The third kappa shape index (κ3) is 8.28. The Hall–Kier alpha value is -1.22. The molecule has 188 valence electrons. The molecule has 1 saturated heterocycles. The summed E-state index contributed by atoms with van der Waals surface area (Å²) in [6.07, 6.45) is -0.397. The average molecular weight is 460 g/mol. The Morgan fingerprint density at radius 1 is 1.12 bits per heavy atom. The Balaban J connectivity index is 3.32. The normalized spacial score (nSPS) is 41.4. The molecule has 0 aromatic rings. The number of cyclic esters (lactones) is 1. The van der Waals surface area contributed by atoms with Crippen LogP contribution in [0.3, 0.4) is 0 Å². The number of esters is 1. The predicted octanol–water partition coefficient (Wildman–Crippen LogP) is 2.43. The molecule has 1 aliphatic rings. The van der Waals surface area contributed by atoms with Crippen LogP contribution in [0.1, 0.15) is 80.6 Å². The first-order valence-electron chi connectivity index (χ1n) is 11.9. The predicted molar refractivity (Wildman–Crippen MR) is 122 cm³/mol. The molecule has 8 nitrogen and oxygen atoms in total. The van der Waals surface area contributed by atoms with Crippen molar-refractivity contribution in [2.24, 2.45) is 17.8 Å². The van der Waals surface area contributed by atoms with Gasteiger partial charge in [-0.05, 0) is 58.3 Å². The van der Waals surface area contributed by atoms with E-state index in [1.54, 1.807) is 27.7 Å². The molecular weight excluding hydrogens is 414 g/mol. The first kappa shape index (κ1) is 28.8. The maximum atomic E-state index is 12.7. The lowest BCUT2D eigenvalue weighted by Gasteiger charge is -2.43. The quantitative estimate of drug-likeness (QED) is 0.472. The molecule has 0 aromatic carbocycles. The highest BCUT2D eigenvalue weighted by atomic mass is 16.6. The number of aliphatic carboxylic acids is 1. The minimum atomic E-state index is -1.72. The minimum absolute atomic E-state index is 0.0213. The Bertz CT molecular complexity index is 621. The smallest absolute Gasteiger partial charge is 0.309 e. The zero-order valence-corrected chi connectivity index (χ0v) is 20.9. The van der Waals surface area contributed by atoms with E-state index in [0.717, 1.165) is 0 Å². The molecule has 1 rings (SSSR count). The summed E-state index contributed by atoms with van der Waals surface area (Å²) >= 11 is 0. The Kier molecular flexibility index (Phi) is 10.6. The maximum Gasteiger partial charge on any atom is 0.309 e. The third-order valence-electron chi connectivity index (χ3n) is 6.81. The summed E-state index contributed by atoms with van der Waals surface area (Å²) in [5.74, 6) is -1.69. The summed E-state index contributed by atoms with van der Waals surface area (Å²) in [5, 5.41) is 42.5. The van der Waals surface area contributed by atoms with Gasteiger partial charge in [-0.3, -0.25) is 14.5 Å². The number of nitrogens with zero attached hydrogens (tertiary/aromatic N) is 1. The van der Waals surface area contributed by atoms with E-state index in [0.29, 0.717) is 32.2 Å². The summed E-state index contributed by atoms with van der Waals surface area (Å²) < 4.78 is 5.65. The summed E-state index contributed by atoms with van der Waals surface area (Å²) in [7, 11) is 0. The van der Waals surface area contributed by atoms with E-state index in [1.807, 2.05) is 18.7 Å². The molecule has 0 amide bonds. The fourth-order valence-corrected chi connectivity index (χ4v) is 5.28. The molecule has 0 radical (unpaired) electrons. The SMILES string of the molecule is CC[C@H]1OC(=O)C(C)C[C@H](C)C[C@](C)(O)C[C@@H](C)CN(CCC(=O)O)C(C)C(O)[C@]1(C)O. The van der Waals surface area contributed by atoms with Crippen molar-refractivity contribution in [3.05, 3.63) is 0 Å². The molecule has 4 N–H and O–H groups in total. The van der Waals surface area contributed by atoms with Crippen LogP contribution >= 0.6 is 0 Å². The minimum Gasteiger partial charge on any atom is -0.481 e. The van der Waals surface area contributed by atoms with E-state index in [2.05, 4.69) is 0 Å². The zero-order chi connectivity index (χ0) is 24.9. The highest BCUT2D eigenvalue weighted by molar-refractivity contribution is 5.72. The van der Waals surface area contributed by atoms with Crippen LogP contribution < -0.4 is 0 Å². The fraction of sp³-hybridized carbons (Fsp3) is 0.917. The molecule has 8 atom stereocenters. The van der Waals surface area contributed by atoms with Crippen LogP contribution in [0.25, 0.3) is 0 Å². The summed E-state index contributed by atoms with van der Waals surface area (Å²) in [5.41, 5.74) is -2.66. The van der Waals surface area contributed by atoms with Gasteiger partial charge in [0.15, 0.2) is 0 Å². The van der Waals surface area contributed by atoms with Crippen molar-refractivity contribution in [2.45, 2.75) is 110 Å². The van der Waals surface area contributed by atoms with E-state index < -0.39 is 47.3 Å². The van der Waals surface area contributed by atoms with Crippen molar-refractivity contribution in [1.29, 1.82) is 0 Å². The molecule has 0 aromatic heterocycles. The standard InChI is InChI=1S/C24H45NO7/c1-8-19-24(7,31)21(28)18(5)25(10-9-20(26)27)14-16(3)13-23(6,30)12-15(2)11-17(4)22(29)32-19/h15-19,21,28,30-31H,8-14H2,1-7H3,(H,26,27)/t15-,16+,17?,18?,19+,21?,23-,24+/m0/s1. The number of carboxylic acids is 1. The summed E-state index contributed by atoms with van der Waals surface area (Å²) in [4.78, 5) is 25.8. The molecule has 1 fully saturated rings. The Morgan fingerprint density at radius 2 is 1.69 bits per heavy atom. The van der Waals surface area contributed by atoms with Gasteiger partial charge >= 0.3 is 11.9 Å². The zero-order valence-electron chi connectivity index (χ0n) is 20.9. The lowest BCUT2D eigenvalue weighted by molar-refractivity contribution is -0.190. The number of rotatable bonds is 4. The van der Waals surface area contributed by atoms with Crippen LogP contribution in [0.5, 0.6) is 0 Å². The van der Waals surface area contributed by atoms with Gasteiger partial charge in [-0.2, -0.15) is 0 Å². The van der Waals surface area contributed by atoms with Crippen molar-refractivity contribution < 1.29 is 34.8 Å². The molecule has 1 aliphatic heterocycles. The first-order valence-corrected chi connectivity index (χ1v) is 11.9. The van der Waals surface area contributed by atoms with E-state index in [9.17, 15) is 30.0 Å². The number of hydrogen-bond acceptors (Lipinski definition) is 7. The molecule has 32 heavy (non-hydrogen) atoms. The molecule has 0 spiro atoms. The lowest BCUT2D eigenvalue weighted by Crippen LogP contribution is -2.59. The number of carbonyl (C=O) groups is 2. The molecular formula is C24H45NO7. The largest absolute Gasteiger partial charge is 0.481 e. The molecule has 0 bridgehead atoms. The number of carboxylic acid groups (broad SMARTS) is 1. The van der Waals surface area contributed by atoms with Crippen LogP contribution in [0.15, 0.2) is 0 Å². The number of aliphatic hydroxyl groups is 3. The van der Waals surface area contributed by atoms with E-state index in [1.165, 1.54) is 6.92 Å². The first-order chi connectivity index (χ1) is 14.6. The van der Waals surface area contributed by atoms with Crippen LogP contribution in [0, 0.1) is 17.8 Å². The van der Waals surface area contributed by atoms with Crippen LogP contribution in [-0.2, 0) is 14.3 Å². The van der Waals surface area contributed by atoms with Crippen molar-refractivity contribution in [2.75, 3.05) is 13.1 Å². The van der Waals surface area contributed by atoms with Crippen molar-refractivity contribution in [3.63, 3.8) is 0 Å². The molecule has 0 aliphatic carbocycles. The maximum absolute atomic E-state index is 12.7. The van der Waals surface area contributed by atoms with Gasteiger partial charge in [-0.1, -0.05) is 27.7 Å². The number of aliphatic hydroxyl groups excluding tert-OH is 1. The number of carbonyl (C=O) groups excluding carboxylic acids is 1. The van der Waals surface area contributed by atoms with Gasteiger partial charge in [0.2, 0.25) is 0 Å². The summed E-state index contributed by atoms with van der Waals surface area (Å²) in [6, 6.07) is -0.592. The Labute approximate surface area is 193 Å². The van der Waals surface area contributed by atoms with Gasteiger partial charge in [0.1, 0.15) is 17.8 Å².